The third-order valence-corrected chi connectivity index (χ3v) is 4.15. The molecular formula is C19H19N3O5. The molecular weight excluding hydrogens is 350 g/mol. The zero-order chi connectivity index (χ0) is 19.6. The molecule has 0 atom stereocenters. The number of aromatic nitrogens is 2. The van der Waals surface area contributed by atoms with Crippen molar-refractivity contribution in [3.8, 4) is 11.5 Å². The number of carboxylic acids is 1. The lowest BCUT2D eigenvalue weighted by atomic mass is 10.1. The number of carbonyl (C=O) groups excluding carboxylic acids is 1. The van der Waals surface area contributed by atoms with Crippen LogP contribution in [-0.4, -0.2) is 40.6 Å². The van der Waals surface area contributed by atoms with Gasteiger partial charge in [-0.25, -0.2) is 9.78 Å². The van der Waals surface area contributed by atoms with Crippen LogP contribution in [0.3, 0.4) is 0 Å². The van der Waals surface area contributed by atoms with Gasteiger partial charge >= 0.3 is 5.97 Å². The number of benzene rings is 1. The van der Waals surface area contributed by atoms with Crippen LogP contribution < -0.4 is 14.8 Å². The van der Waals surface area contributed by atoms with Crippen molar-refractivity contribution in [1.82, 2.24) is 9.38 Å². The predicted octanol–water partition coefficient (Wildman–Crippen LogP) is 2.86. The summed E-state index contributed by atoms with van der Waals surface area (Å²) in [6, 6.07) is 8.17. The Balaban J connectivity index is 2.08. The predicted molar refractivity (Wildman–Crippen MR) is 99.0 cm³/mol. The summed E-state index contributed by atoms with van der Waals surface area (Å²) in [6.07, 6.45) is 2.30. The maximum atomic E-state index is 13.0. The highest BCUT2D eigenvalue weighted by Crippen LogP contribution is 2.33. The first-order chi connectivity index (χ1) is 13.0. The fraction of sp³-hybridized carbons (Fsp3) is 0.211. The molecule has 1 aromatic carbocycles. The smallest absolute Gasteiger partial charge is 0.337 e. The summed E-state index contributed by atoms with van der Waals surface area (Å²) in [7, 11) is 2.84. The molecule has 3 rings (SSSR count). The summed E-state index contributed by atoms with van der Waals surface area (Å²) in [5, 5.41) is 12.2. The molecule has 0 saturated carbocycles. The second kappa shape index (κ2) is 7.36. The van der Waals surface area contributed by atoms with E-state index < -0.39 is 11.9 Å². The average Bonchev–Trinajstić information content (AvgIpc) is 3.06. The van der Waals surface area contributed by atoms with Crippen LogP contribution in [0, 0.1) is 0 Å². The molecule has 1 amide bonds. The van der Waals surface area contributed by atoms with Gasteiger partial charge in [-0.1, -0.05) is 13.0 Å². The Morgan fingerprint density at radius 2 is 1.89 bits per heavy atom. The zero-order valence-corrected chi connectivity index (χ0v) is 15.1. The molecule has 27 heavy (non-hydrogen) atoms. The maximum Gasteiger partial charge on any atom is 0.337 e. The lowest BCUT2D eigenvalue weighted by Gasteiger charge is -2.14. The number of ether oxygens (including phenoxy) is 2. The van der Waals surface area contributed by atoms with Crippen LogP contribution in [0.2, 0.25) is 0 Å². The Hall–Kier alpha value is -3.55. The van der Waals surface area contributed by atoms with Gasteiger partial charge in [-0.2, -0.15) is 0 Å². The zero-order valence-electron chi connectivity index (χ0n) is 15.1. The summed E-state index contributed by atoms with van der Waals surface area (Å²) < 4.78 is 12.0. The topological polar surface area (TPSA) is 102 Å². The lowest BCUT2D eigenvalue weighted by Crippen LogP contribution is -2.18. The number of fused-ring (bicyclic) bond motifs is 1. The summed E-state index contributed by atoms with van der Waals surface area (Å²) in [6.45, 7) is 1.90. The highest BCUT2D eigenvalue weighted by Gasteiger charge is 2.22. The van der Waals surface area contributed by atoms with E-state index >= 15 is 0 Å². The molecule has 0 radical (unpaired) electrons. The molecule has 2 heterocycles. The van der Waals surface area contributed by atoms with Crippen molar-refractivity contribution in [2.45, 2.75) is 13.3 Å². The second-order valence-electron chi connectivity index (χ2n) is 5.70. The number of rotatable bonds is 6. The molecule has 0 aliphatic carbocycles. The van der Waals surface area contributed by atoms with Gasteiger partial charge in [-0.3, -0.25) is 9.20 Å². The van der Waals surface area contributed by atoms with Crippen LogP contribution >= 0.6 is 0 Å². The minimum absolute atomic E-state index is 0.104. The lowest BCUT2D eigenvalue weighted by molar-refractivity contribution is 0.0697. The van der Waals surface area contributed by atoms with Crippen molar-refractivity contribution < 1.29 is 24.2 Å². The van der Waals surface area contributed by atoms with Gasteiger partial charge in [0.05, 0.1) is 31.2 Å². The summed E-state index contributed by atoms with van der Waals surface area (Å²) in [5.41, 5.74) is 1.63. The molecule has 0 aliphatic heterocycles. The maximum absolute atomic E-state index is 13.0. The van der Waals surface area contributed by atoms with Crippen LogP contribution in [0.4, 0.5) is 5.69 Å². The quantitative estimate of drug-likeness (QED) is 0.693. The number of anilines is 1. The van der Waals surface area contributed by atoms with Crippen molar-refractivity contribution in [3.63, 3.8) is 0 Å². The van der Waals surface area contributed by atoms with Crippen molar-refractivity contribution in [1.29, 1.82) is 0 Å². The summed E-state index contributed by atoms with van der Waals surface area (Å²) in [5.74, 6) is -1.08. The number of imidazole rings is 1. The van der Waals surface area contributed by atoms with E-state index in [-0.39, 0.29) is 17.0 Å². The van der Waals surface area contributed by atoms with E-state index in [0.29, 0.717) is 29.2 Å². The normalized spacial score (nSPS) is 10.6. The number of hydrogen-bond acceptors (Lipinski definition) is 5. The van der Waals surface area contributed by atoms with Gasteiger partial charge < -0.3 is 19.9 Å². The van der Waals surface area contributed by atoms with Gasteiger partial charge in [0.15, 0.2) is 11.5 Å². The van der Waals surface area contributed by atoms with Gasteiger partial charge in [0, 0.05) is 18.3 Å². The Bertz CT molecular complexity index is 1030. The number of hydrogen-bond donors (Lipinski definition) is 2. The minimum atomic E-state index is -1.19. The van der Waals surface area contributed by atoms with Crippen molar-refractivity contribution in [2.24, 2.45) is 0 Å². The van der Waals surface area contributed by atoms with Crippen LogP contribution in [0.1, 0.15) is 33.5 Å². The summed E-state index contributed by atoms with van der Waals surface area (Å²) in [4.78, 5) is 29.0. The molecule has 0 spiro atoms. The van der Waals surface area contributed by atoms with Gasteiger partial charge in [0.2, 0.25) is 0 Å². The Morgan fingerprint density at radius 1 is 1.19 bits per heavy atom. The molecule has 8 heteroatoms. The fourth-order valence-corrected chi connectivity index (χ4v) is 2.87. The first kappa shape index (κ1) is 18.2. The van der Waals surface area contributed by atoms with Crippen LogP contribution in [0.15, 0.2) is 36.5 Å². The number of aromatic carboxylic acids is 1. The van der Waals surface area contributed by atoms with Crippen LogP contribution in [0.5, 0.6) is 11.5 Å². The average molecular weight is 369 g/mol. The number of amides is 1. The Morgan fingerprint density at radius 3 is 2.52 bits per heavy atom. The number of carboxylic acid groups (broad SMARTS) is 1. The molecule has 140 valence electrons. The molecule has 2 N–H and O–H groups in total. The number of pyridine rings is 1. The molecule has 0 aliphatic rings. The van der Waals surface area contributed by atoms with Gasteiger partial charge in [0.1, 0.15) is 11.3 Å². The van der Waals surface area contributed by atoms with Crippen molar-refractivity contribution in [2.75, 3.05) is 19.5 Å². The van der Waals surface area contributed by atoms with E-state index in [1.807, 2.05) is 13.0 Å². The first-order valence-electron chi connectivity index (χ1n) is 8.26. The van der Waals surface area contributed by atoms with E-state index in [1.54, 1.807) is 22.7 Å². The van der Waals surface area contributed by atoms with E-state index in [0.717, 1.165) is 0 Å². The highest BCUT2D eigenvalue weighted by atomic mass is 16.5. The molecule has 0 unspecified atom stereocenters. The van der Waals surface area contributed by atoms with Gasteiger partial charge in [-0.05, 0) is 18.6 Å². The molecule has 8 nitrogen and oxygen atoms in total. The molecule has 2 aromatic heterocycles. The van der Waals surface area contributed by atoms with Crippen LogP contribution in [0.25, 0.3) is 5.65 Å². The van der Waals surface area contributed by atoms with Gasteiger partial charge in [0.25, 0.3) is 5.91 Å². The third-order valence-electron chi connectivity index (χ3n) is 4.15. The first-order valence-corrected chi connectivity index (χ1v) is 8.26. The summed E-state index contributed by atoms with van der Waals surface area (Å²) >= 11 is 0. The molecule has 0 fully saturated rings. The number of aryl methyl sites for hydroxylation is 1. The van der Waals surface area contributed by atoms with Crippen LogP contribution in [-0.2, 0) is 6.42 Å². The van der Waals surface area contributed by atoms with Crippen molar-refractivity contribution in [3.05, 3.63) is 53.5 Å². The molecule has 3 aromatic rings. The van der Waals surface area contributed by atoms with E-state index in [4.69, 9.17) is 9.47 Å². The number of carbonyl (C=O) groups is 2. The van der Waals surface area contributed by atoms with E-state index in [9.17, 15) is 14.7 Å². The van der Waals surface area contributed by atoms with Gasteiger partial charge in [-0.15, -0.1) is 0 Å². The Kier molecular flexibility index (Phi) is 4.98. The number of nitrogens with one attached hydrogen (secondary N) is 1. The number of nitrogens with zero attached hydrogens (tertiary/aromatic N) is 2. The monoisotopic (exact) mass is 369 g/mol. The van der Waals surface area contributed by atoms with E-state index in [1.165, 1.54) is 26.4 Å². The molecule has 0 saturated heterocycles. The highest BCUT2D eigenvalue weighted by molar-refractivity contribution is 6.08. The molecule has 0 bridgehead atoms. The second-order valence-corrected chi connectivity index (χ2v) is 5.70. The standard InChI is InChI=1S/C19H19N3O5/c1-4-12-17(22-8-6-5-7-16(22)20-12)18(23)21-13-10-15(27-3)14(26-2)9-11(13)19(24)25/h5-10H,4H2,1-3H3,(H,21,23)(H,24,25). The van der Waals surface area contributed by atoms with E-state index in [2.05, 4.69) is 10.3 Å². The number of methoxy groups -OCH3 is 2. The third kappa shape index (κ3) is 3.29. The SMILES string of the molecule is CCc1nc2ccccn2c1C(=O)Nc1cc(OC)c(OC)cc1C(=O)O. The Labute approximate surface area is 155 Å². The fourth-order valence-electron chi connectivity index (χ4n) is 2.87. The van der Waals surface area contributed by atoms with Crippen molar-refractivity contribution >= 4 is 23.2 Å². The largest absolute Gasteiger partial charge is 0.493 e. The minimum Gasteiger partial charge on any atom is -0.493 e.